The fourth-order valence-corrected chi connectivity index (χ4v) is 5.58. The largest absolute Gasteiger partial charge is 0.378 e. The summed E-state index contributed by atoms with van der Waals surface area (Å²) in [5, 5.41) is 2.96. The van der Waals surface area contributed by atoms with E-state index in [-0.39, 0.29) is 23.3 Å². The first kappa shape index (κ1) is 21.8. The zero-order chi connectivity index (χ0) is 21.8. The van der Waals surface area contributed by atoms with Crippen LogP contribution in [0.15, 0.2) is 53.4 Å². The molecule has 7 nitrogen and oxygen atoms in total. The lowest BCUT2D eigenvalue weighted by Gasteiger charge is -2.31. The van der Waals surface area contributed by atoms with Gasteiger partial charge >= 0.3 is 0 Å². The number of carbonyl (C=O) groups is 1. The minimum absolute atomic E-state index is 0.136. The van der Waals surface area contributed by atoms with Crippen LogP contribution in [0.5, 0.6) is 0 Å². The van der Waals surface area contributed by atoms with E-state index in [1.54, 1.807) is 24.3 Å². The highest BCUT2D eigenvalue weighted by atomic mass is 32.2. The maximum Gasteiger partial charge on any atom is 0.243 e. The van der Waals surface area contributed by atoms with Gasteiger partial charge in [0, 0.05) is 37.6 Å². The molecule has 0 aliphatic carbocycles. The number of sulfonamides is 1. The molecule has 166 valence electrons. The molecule has 2 aromatic carbocycles. The maximum atomic E-state index is 13.0. The van der Waals surface area contributed by atoms with Crippen molar-refractivity contribution in [3.05, 3.63) is 54.1 Å². The Hall–Kier alpha value is -2.42. The topological polar surface area (TPSA) is 79.0 Å². The van der Waals surface area contributed by atoms with Crippen LogP contribution in [0.4, 0.5) is 11.4 Å². The molecule has 4 rings (SSSR count). The molecule has 2 aliphatic rings. The van der Waals surface area contributed by atoms with E-state index in [0.717, 1.165) is 43.2 Å². The van der Waals surface area contributed by atoms with Crippen molar-refractivity contribution < 1.29 is 17.9 Å². The van der Waals surface area contributed by atoms with Gasteiger partial charge in [0.05, 0.1) is 24.0 Å². The predicted octanol–water partition coefficient (Wildman–Crippen LogP) is 2.87. The molecule has 2 aliphatic heterocycles. The van der Waals surface area contributed by atoms with Gasteiger partial charge in [0.25, 0.3) is 0 Å². The molecule has 1 atom stereocenters. The maximum absolute atomic E-state index is 13.0. The zero-order valence-corrected chi connectivity index (χ0v) is 18.6. The van der Waals surface area contributed by atoms with E-state index in [4.69, 9.17) is 4.74 Å². The van der Waals surface area contributed by atoms with E-state index in [0.29, 0.717) is 19.4 Å². The number of rotatable bonds is 5. The van der Waals surface area contributed by atoms with Crippen LogP contribution in [0, 0.1) is 12.8 Å². The molecule has 0 bridgehead atoms. The monoisotopic (exact) mass is 443 g/mol. The third-order valence-electron chi connectivity index (χ3n) is 5.92. The third kappa shape index (κ3) is 5.08. The number of hydrogen-bond acceptors (Lipinski definition) is 5. The van der Waals surface area contributed by atoms with Crippen molar-refractivity contribution in [2.24, 2.45) is 5.92 Å². The van der Waals surface area contributed by atoms with Gasteiger partial charge in [0.1, 0.15) is 0 Å². The van der Waals surface area contributed by atoms with Crippen LogP contribution >= 0.6 is 0 Å². The van der Waals surface area contributed by atoms with Crippen molar-refractivity contribution in [3.63, 3.8) is 0 Å². The summed E-state index contributed by atoms with van der Waals surface area (Å²) in [7, 11) is -3.60. The van der Waals surface area contributed by atoms with Crippen LogP contribution in [0.25, 0.3) is 0 Å². The van der Waals surface area contributed by atoms with E-state index in [2.05, 4.69) is 10.2 Å². The summed E-state index contributed by atoms with van der Waals surface area (Å²) in [4.78, 5) is 15.4. The fourth-order valence-electron chi connectivity index (χ4n) is 4.06. The number of ether oxygens (including phenoxy) is 1. The summed E-state index contributed by atoms with van der Waals surface area (Å²) in [5.41, 5.74) is 2.84. The number of hydrogen-bond donors (Lipinski definition) is 1. The smallest absolute Gasteiger partial charge is 0.243 e. The fraction of sp³-hybridized carbons (Fsp3) is 0.435. The Morgan fingerprint density at radius 1 is 1.00 bits per heavy atom. The quantitative estimate of drug-likeness (QED) is 0.769. The van der Waals surface area contributed by atoms with E-state index in [9.17, 15) is 13.2 Å². The van der Waals surface area contributed by atoms with Crippen molar-refractivity contribution >= 4 is 27.3 Å². The number of morpholine rings is 1. The second-order valence-corrected chi connectivity index (χ2v) is 10.1. The van der Waals surface area contributed by atoms with Crippen molar-refractivity contribution in [1.29, 1.82) is 0 Å². The minimum atomic E-state index is -3.60. The Morgan fingerprint density at radius 3 is 2.35 bits per heavy atom. The van der Waals surface area contributed by atoms with Gasteiger partial charge in [-0.2, -0.15) is 4.31 Å². The molecule has 0 aromatic heterocycles. The normalized spacial score (nSPS) is 20.4. The Kier molecular flexibility index (Phi) is 6.60. The van der Waals surface area contributed by atoms with Crippen LogP contribution in [0.1, 0.15) is 18.4 Å². The average Bonchev–Trinajstić information content (AvgIpc) is 2.80. The highest BCUT2D eigenvalue weighted by Crippen LogP contribution is 2.26. The van der Waals surface area contributed by atoms with Crippen LogP contribution < -0.4 is 10.2 Å². The molecule has 1 amide bonds. The predicted molar refractivity (Wildman–Crippen MR) is 121 cm³/mol. The van der Waals surface area contributed by atoms with Gasteiger partial charge in [-0.15, -0.1) is 0 Å². The van der Waals surface area contributed by atoms with Crippen LogP contribution in [-0.2, 0) is 19.6 Å². The van der Waals surface area contributed by atoms with Gasteiger partial charge in [0.2, 0.25) is 15.9 Å². The molecule has 31 heavy (non-hydrogen) atoms. The van der Waals surface area contributed by atoms with Gasteiger partial charge in [-0.1, -0.05) is 17.7 Å². The summed E-state index contributed by atoms with van der Waals surface area (Å²) in [6.45, 7) is 5.73. The molecule has 0 saturated carbocycles. The summed E-state index contributed by atoms with van der Waals surface area (Å²) in [6, 6.07) is 14.6. The summed E-state index contributed by atoms with van der Waals surface area (Å²) >= 11 is 0. The zero-order valence-electron chi connectivity index (χ0n) is 17.8. The van der Waals surface area contributed by atoms with Gasteiger partial charge in [0.15, 0.2) is 0 Å². The Labute approximate surface area is 184 Å². The second-order valence-electron chi connectivity index (χ2n) is 8.15. The number of piperidine rings is 1. The molecular formula is C23H29N3O4S. The molecule has 2 fully saturated rings. The first-order valence-corrected chi connectivity index (χ1v) is 12.2. The minimum Gasteiger partial charge on any atom is -0.378 e. The number of amides is 1. The Morgan fingerprint density at radius 2 is 1.68 bits per heavy atom. The van der Waals surface area contributed by atoms with Crippen LogP contribution in [-0.4, -0.2) is 58.0 Å². The van der Waals surface area contributed by atoms with Crippen molar-refractivity contribution in [1.82, 2.24) is 4.31 Å². The highest BCUT2D eigenvalue weighted by molar-refractivity contribution is 7.89. The lowest BCUT2D eigenvalue weighted by Crippen LogP contribution is -2.43. The summed E-state index contributed by atoms with van der Waals surface area (Å²) in [5.74, 6) is -0.504. The molecule has 2 aromatic rings. The van der Waals surface area contributed by atoms with E-state index >= 15 is 0 Å². The molecule has 0 unspecified atom stereocenters. The third-order valence-corrected chi connectivity index (χ3v) is 7.80. The van der Waals surface area contributed by atoms with Crippen molar-refractivity contribution in [2.75, 3.05) is 49.6 Å². The van der Waals surface area contributed by atoms with E-state index in [1.165, 1.54) is 4.31 Å². The van der Waals surface area contributed by atoms with E-state index in [1.807, 2.05) is 31.2 Å². The number of nitrogens with one attached hydrogen (secondary N) is 1. The van der Waals surface area contributed by atoms with Crippen molar-refractivity contribution in [2.45, 2.75) is 24.7 Å². The first-order valence-electron chi connectivity index (χ1n) is 10.7. The van der Waals surface area contributed by atoms with Gasteiger partial charge in [-0.3, -0.25) is 4.79 Å². The highest BCUT2D eigenvalue weighted by Gasteiger charge is 2.33. The Bertz CT molecular complexity index is 1000. The SMILES string of the molecule is Cc1ccc(S(=O)(=O)N2CCC[C@H](C(=O)Nc3ccc(N4CCOCC4)cc3)C2)cc1. The summed E-state index contributed by atoms with van der Waals surface area (Å²) in [6.07, 6.45) is 1.34. The van der Waals surface area contributed by atoms with Gasteiger partial charge in [-0.05, 0) is 56.2 Å². The standard InChI is InChI=1S/C23H29N3O4S/c1-18-4-10-22(11-5-18)31(28,29)26-12-2-3-19(17-26)23(27)24-20-6-8-21(9-7-20)25-13-15-30-16-14-25/h4-11,19H,2-3,12-17H2,1H3,(H,24,27)/t19-/m0/s1. The number of benzene rings is 2. The average molecular weight is 444 g/mol. The number of nitrogens with zero attached hydrogens (tertiary/aromatic N) is 2. The van der Waals surface area contributed by atoms with E-state index < -0.39 is 10.0 Å². The molecule has 0 radical (unpaired) electrons. The van der Waals surface area contributed by atoms with Gasteiger partial charge < -0.3 is 15.0 Å². The summed E-state index contributed by atoms with van der Waals surface area (Å²) < 4.78 is 32.8. The molecule has 8 heteroatoms. The lowest BCUT2D eigenvalue weighted by molar-refractivity contribution is -0.120. The Balaban J connectivity index is 1.39. The number of carbonyl (C=O) groups excluding carboxylic acids is 1. The molecule has 1 N–H and O–H groups in total. The van der Waals surface area contributed by atoms with Crippen molar-refractivity contribution in [3.8, 4) is 0 Å². The van der Waals surface area contributed by atoms with Crippen LogP contribution in [0.2, 0.25) is 0 Å². The first-order chi connectivity index (χ1) is 14.9. The molecule has 0 spiro atoms. The van der Waals surface area contributed by atoms with Gasteiger partial charge in [-0.25, -0.2) is 8.42 Å². The lowest BCUT2D eigenvalue weighted by atomic mass is 9.98. The number of aryl methyl sites for hydroxylation is 1. The van der Waals surface area contributed by atoms with Crippen LogP contribution in [0.3, 0.4) is 0 Å². The second kappa shape index (κ2) is 9.38. The molecule has 2 saturated heterocycles. The molecule has 2 heterocycles. The molecular weight excluding hydrogens is 414 g/mol. The number of anilines is 2.